The Hall–Kier alpha value is -0.940. The summed E-state index contributed by atoms with van der Waals surface area (Å²) in [6.45, 7) is 1.71. The van der Waals surface area contributed by atoms with Crippen molar-refractivity contribution < 1.29 is 5.11 Å². The average Bonchev–Trinajstić information content (AvgIpc) is 2.46. The van der Waals surface area contributed by atoms with Crippen LogP contribution in [0.1, 0.15) is 18.7 Å². The first-order chi connectivity index (χ1) is 6.18. The van der Waals surface area contributed by atoms with E-state index in [4.69, 9.17) is 0 Å². The standard InChI is InChI=1S/C8H8BrN3O/c1-5(13)6-2-11-8-3-10-7(9)4-12(6)8/h2-5,13H,1H3. The summed E-state index contributed by atoms with van der Waals surface area (Å²) in [5.74, 6) is 0. The maximum Gasteiger partial charge on any atom is 0.155 e. The lowest BCUT2D eigenvalue weighted by Gasteiger charge is -2.03. The Kier molecular flexibility index (Phi) is 2.05. The average molecular weight is 242 g/mol. The molecule has 2 heterocycles. The van der Waals surface area contributed by atoms with Crippen LogP contribution in [0.2, 0.25) is 0 Å². The van der Waals surface area contributed by atoms with E-state index in [1.807, 2.05) is 4.40 Å². The van der Waals surface area contributed by atoms with Crippen molar-refractivity contribution in [2.24, 2.45) is 0 Å². The number of hydrogen-bond acceptors (Lipinski definition) is 3. The van der Waals surface area contributed by atoms with Crippen molar-refractivity contribution in [1.29, 1.82) is 0 Å². The normalized spacial score (nSPS) is 13.5. The third kappa shape index (κ3) is 1.45. The highest BCUT2D eigenvalue weighted by Gasteiger charge is 2.08. The first-order valence-corrected chi connectivity index (χ1v) is 4.64. The van der Waals surface area contributed by atoms with Crippen LogP contribution in [0.5, 0.6) is 0 Å². The molecule has 2 aromatic rings. The van der Waals surface area contributed by atoms with Crippen LogP contribution < -0.4 is 0 Å². The van der Waals surface area contributed by atoms with Crippen molar-refractivity contribution in [2.75, 3.05) is 0 Å². The molecule has 0 fully saturated rings. The van der Waals surface area contributed by atoms with Crippen molar-refractivity contribution in [1.82, 2.24) is 14.4 Å². The maximum atomic E-state index is 9.40. The molecule has 0 aliphatic carbocycles. The van der Waals surface area contributed by atoms with Gasteiger partial charge in [-0.15, -0.1) is 0 Å². The number of halogens is 1. The van der Waals surface area contributed by atoms with Gasteiger partial charge in [0, 0.05) is 6.20 Å². The number of fused-ring (bicyclic) bond motifs is 1. The first kappa shape index (κ1) is 8.65. The van der Waals surface area contributed by atoms with Crippen LogP contribution in [0.15, 0.2) is 23.2 Å². The highest BCUT2D eigenvalue weighted by Crippen LogP contribution is 2.15. The molecule has 4 nitrogen and oxygen atoms in total. The van der Waals surface area contributed by atoms with Gasteiger partial charge >= 0.3 is 0 Å². The molecule has 13 heavy (non-hydrogen) atoms. The van der Waals surface area contributed by atoms with Gasteiger partial charge in [0.05, 0.1) is 24.2 Å². The van der Waals surface area contributed by atoms with Crippen LogP contribution in [0.25, 0.3) is 5.65 Å². The summed E-state index contributed by atoms with van der Waals surface area (Å²) < 4.78 is 2.53. The van der Waals surface area contributed by atoms with E-state index < -0.39 is 6.10 Å². The smallest absolute Gasteiger partial charge is 0.155 e. The molecule has 68 valence electrons. The quantitative estimate of drug-likeness (QED) is 0.825. The van der Waals surface area contributed by atoms with Crippen molar-refractivity contribution in [3.63, 3.8) is 0 Å². The minimum Gasteiger partial charge on any atom is -0.387 e. The predicted octanol–water partition coefficient (Wildman–Crippen LogP) is 1.55. The van der Waals surface area contributed by atoms with Gasteiger partial charge < -0.3 is 5.11 Å². The predicted molar refractivity (Wildman–Crippen MR) is 51.3 cm³/mol. The van der Waals surface area contributed by atoms with E-state index in [2.05, 4.69) is 25.9 Å². The zero-order valence-corrected chi connectivity index (χ0v) is 8.56. The summed E-state index contributed by atoms with van der Waals surface area (Å²) in [6.07, 6.45) is 4.55. The zero-order valence-electron chi connectivity index (χ0n) is 6.98. The number of rotatable bonds is 1. The molecule has 0 radical (unpaired) electrons. The van der Waals surface area contributed by atoms with Gasteiger partial charge in [-0.05, 0) is 22.9 Å². The van der Waals surface area contributed by atoms with E-state index in [0.29, 0.717) is 0 Å². The van der Waals surface area contributed by atoms with Crippen LogP contribution in [-0.2, 0) is 0 Å². The number of hydrogen-bond donors (Lipinski definition) is 1. The topological polar surface area (TPSA) is 50.4 Å². The van der Waals surface area contributed by atoms with Crippen LogP contribution in [0.3, 0.4) is 0 Å². The lowest BCUT2D eigenvalue weighted by molar-refractivity contribution is 0.193. The second-order valence-corrected chi connectivity index (χ2v) is 3.61. The molecular weight excluding hydrogens is 234 g/mol. The Balaban J connectivity index is 2.71. The molecule has 0 bridgehead atoms. The van der Waals surface area contributed by atoms with Gasteiger partial charge in [0.25, 0.3) is 0 Å². The number of aliphatic hydroxyl groups is 1. The van der Waals surface area contributed by atoms with Gasteiger partial charge in [-0.2, -0.15) is 0 Å². The summed E-state index contributed by atoms with van der Waals surface area (Å²) >= 11 is 3.26. The monoisotopic (exact) mass is 241 g/mol. The fourth-order valence-electron chi connectivity index (χ4n) is 1.19. The van der Waals surface area contributed by atoms with E-state index in [-0.39, 0.29) is 0 Å². The Labute approximate surface area is 83.4 Å². The number of imidazole rings is 1. The van der Waals surface area contributed by atoms with E-state index in [1.165, 1.54) is 0 Å². The highest BCUT2D eigenvalue weighted by molar-refractivity contribution is 9.10. The molecule has 0 spiro atoms. The molecule has 5 heteroatoms. The van der Waals surface area contributed by atoms with Crippen LogP contribution in [0, 0.1) is 0 Å². The van der Waals surface area contributed by atoms with Crippen molar-refractivity contribution in [2.45, 2.75) is 13.0 Å². The van der Waals surface area contributed by atoms with Gasteiger partial charge in [-0.3, -0.25) is 4.40 Å². The fourth-order valence-corrected chi connectivity index (χ4v) is 1.50. The Morgan fingerprint density at radius 3 is 2.92 bits per heavy atom. The van der Waals surface area contributed by atoms with E-state index in [0.717, 1.165) is 15.9 Å². The summed E-state index contributed by atoms with van der Waals surface area (Å²) in [4.78, 5) is 8.13. The molecule has 2 aromatic heterocycles. The molecule has 1 unspecified atom stereocenters. The summed E-state index contributed by atoms with van der Waals surface area (Å²) in [5, 5.41) is 9.40. The highest BCUT2D eigenvalue weighted by atomic mass is 79.9. The molecular formula is C8H8BrN3O. The van der Waals surface area contributed by atoms with Crippen LogP contribution in [-0.4, -0.2) is 19.5 Å². The molecule has 0 saturated heterocycles. The van der Waals surface area contributed by atoms with Crippen LogP contribution in [0.4, 0.5) is 0 Å². The molecule has 0 saturated carbocycles. The third-order valence-electron chi connectivity index (χ3n) is 1.82. The lowest BCUT2D eigenvalue weighted by atomic mass is 10.3. The first-order valence-electron chi connectivity index (χ1n) is 3.85. The Morgan fingerprint density at radius 2 is 2.23 bits per heavy atom. The van der Waals surface area contributed by atoms with E-state index in [9.17, 15) is 5.11 Å². The second-order valence-electron chi connectivity index (χ2n) is 2.80. The van der Waals surface area contributed by atoms with Gasteiger partial charge in [0.1, 0.15) is 4.60 Å². The molecule has 0 aromatic carbocycles. The molecule has 0 aliphatic heterocycles. The van der Waals surface area contributed by atoms with Gasteiger partial charge in [0.15, 0.2) is 5.65 Å². The summed E-state index contributed by atoms with van der Waals surface area (Å²) in [6, 6.07) is 0. The summed E-state index contributed by atoms with van der Waals surface area (Å²) in [5.41, 5.74) is 1.50. The van der Waals surface area contributed by atoms with Gasteiger partial charge in [-0.25, -0.2) is 9.97 Å². The fraction of sp³-hybridized carbons (Fsp3) is 0.250. The molecule has 0 aliphatic rings. The number of nitrogens with zero attached hydrogens (tertiary/aromatic N) is 3. The van der Waals surface area contributed by atoms with Crippen molar-refractivity contribution >= 4 is 21.6 Å². The second kappa shape index (κ2) is 3.08. The number of aromatic nitrogens is 3. The minimum absolute atomic E-state index is 0.524. The molecule has 1 atom stereocenters. The molecule has 0 amide bonds. The third-order valence-corrected chi connectivity index (χ3v) is 2.23. The maximum absolute atomic E-state index is 9.40. The SMILES string of the molecule is CC(O)c1cnc2cnc(Br)cn12. The van der Waals surface area contributed by atoms with Crippen LogP contribution >= 0.6 is 15.9 Å². The molecule has 2 rings (SSSR count). The molecule has 1 N–H and O–H groups in total. The Bertz CT molecular complexity index is 438. The van der Waals surface area contributed by atoms with Gasteiger partial charge in [0.2, 0.25) is 0 Å². The summed E-state index contributed by atoms with van der Waals surface area (Å²) in [7, 11) is 0. The zero-order chi connectivity index (χ0) is 9.42. The number of aliphatic hydroxyl groups excluding tert-OH is 1. The van der Waals surface area contributed by atoms with E-state index in [1.54, 1.807) is 25.5 Å². The van der Waals surface area contributed by atoms with Crippen molar-refractivity contribution in [3.05, 3.63) is 28.9 Å². The Morgan fingerprint density at radius 1 is 1.46 bits per heavy atom. The van der Waals surface area contributed by atoms with Gasteiger partial charge in [-0.1, -0.05) is 0 Å². The lowest BCUT2D eigenvalue weighted by Crippen LogP contribution is -1.97. The minimum atomic E-state index is -0.524. The van der Waals surface area contributed by atoms with Crippen molar-refractivity contribution in [3.8, 4) is 0 Å². The van der Waals surface area contributed by atoms with E-state index >= 15 is 0 Å². The largest absolute Gasteiger partial charge is 0.387 e.